The largest absolute Gasteiger partial charge is 0.399 e. The number of thiazole rings is 1. The van der Waals surface area contributed by atoms with E-state index in [-0.39, 0.29) is 0 Å². The first kappa shape index (κ1) is 10.9. The zero-order chi connectivity index (χ0) is 12.4. The minimum Gasteiger partial charge on any atom is -0.399 e. The Hall–Kier alpha value is -2.27. The number of nitrogen functional groups attached to an aromatic ring is 1. The molecule has 3 aromatic rings. The summed E-state index contributed by atoms with van der Waals surface area (Å²) in [6, 6.07) is 7.70. The molecule has 2 N–H and O–H groups in total. The van der Waals surface area contributed by atoms with Gasteiger partial charge in [-0.25, -0.2) is 4.98 Å². The Morgan fingerprint density at radius 2 is 2.06 bits per heavy atom. The molecule has 1 aromatic carbocycles. The molecule has 0 bridgehead atoms. The van der Waals surface area contributed by atoms with Crippen molar-refractivity contribution in [1.29, 1.82) is 0 Å². The Morgan fingerprint density at radius 3 is 2.83 bits per heavy atom. The summed E-state index contributed by atoms with van der Waals surface area (Å²) in [6.07, 6.45) is 5.02. The first-order valence-corrected chi connectivity index (χ1v) is 6.29. The van der Waals surface area contributed by atoms with Gasteiger partial charge in [-0.2, -0.15) is 0 Å². The first-order valence-electron chi connectivity index (χ1n) is 5.41. The lowest BCUT2D eigenvalue weighted by atomic mass is 10.2. The molecule has 0 aliphatic heterocycles. The Bertz CT molecular complexity index is 664. The van der Waals surface area contributed by atoms with Gasteiger partial charge in [-0.3, -0.25) is 9.97 Å². The van der Waals surface area contributed by atoms with E-state index in [1.165, 1.54) is 0 Å². The number of anilines is 1. The SMILES string of the molecule is Nc1cccc(-c2nc(-c3cnccn3)cs2)c1. The van der Waals surface area contributed by atoms with Gasteiger partial charge in [0.25, 0.3) is 0 Å². The van der Waals surface area contributed by atoms with Crippen LogP contribution in [-0.4, -0.2) is 15.0 Å². The van der Waals surface area contributed by atoms with Crippen molar-refractivity contribution < 1.29 is 0 Å². The van der Waals surface area contributed by atoms with Gasteiger partial charge in [-0.05, 0) is 12.1 Å². The predicted molar refractivity (Wildman–Crippen MR) is 73.0 cm³/mol. The molecule has 0 atom stereocenters. The summed E-state index contributed by atoms with van der Waals surface area (Å²) in [6.45, 7) is 0. The van der Waals surface area contributed by atoms with Crippen LogP contribution < -0.4 is 5.73 Å². The lowest BCUT2D eigenvalue weighted by molar-refractivity contribution is 1.19. The standard InChI is InChI=1S/C13H10N4S/c14-10-3-1-2-9(6-10)13-17-12(8-18-13)11-7-15-4-5-16-11/h1-8H,14H2. The van der Waals surface area contributed by atoms with Crippen molar-refractivity contribution in [2.75, 3.05) is 5.73 Å². The number of hydrogen-bond donors (Lipinski definition) is 1. The zero-order valence-corrected chi connectivity index (χ0v) is 10.3. The second kappa shape index (κ2) is 4.54. The van der Waals surface area contributed by atoms with E-state index in [0.29, 0.717) is 0 Å². The molecule has 0 spiro atoms. The van der Waals surface area contributed by atoms with Gasteiger partial charge in [0.15, 0.2) is 0 Å². The van der Waals surface area contributed by atoms with Gasteiger partial charge in [0.05, 0.1) is 6.20 Å². The Balaban J connectivity index is 2.00. The van der Waals surface area contributed by atoms with E-state index in [2.05, 4.69) is 15.0 Å². The van der Waals surface area contributed by atoms with Crippen LogP contribution in [0.2, 0.25) is 0 Å². The maximum Gasteiger partial charge on any atom is 0.124 e. The first-order chi connectivity index (χ1) is 8.83. The molecule has 0 saturated heterocycles. The minimum atomic E-state index is 0.740. The zero-order valence-electron chi connectivity index (χ0n) is 9.45. The summed E-state index contributed by atoms with van der Waals surface area (Å²) in [5.41, 5.74) is 9.15. The van der Waals surface area contributed by atoms with Crippen molar-refractivity contribution in [2.45, 2.75) is 0 Å². The van der Waals surface area contributed by atoms with E-state index in [1.807, 2.05) is 29.6 Å². The molecule has 2 heterocycles. The molecule has 0 unspecified atom stereocenters. The fraction of sp³-hybridized carbons (Fsp3) is 0. The van der Waals surface area contributed by atoms with Crippen molar-refractivity contribution in [1.82, 2.24) is 15.0 Å². The van der Waals surface area contributed by atoms with E-state index in [4.69, 9.17) is 5.73 Å². The summed E-state index contributed by atoms with van der Waals surface area (Å²) in [7, 11) is 0. The fourth-order valence-electron chi connectivity index (χ4n) is 1.63. The number of benzene rings is 1. The normalized spacial score (nSPS) is 10.4. The Morgan fingerprint density at radius 1 is 1.11 bits per heavy atom. The van der Waals surface area contributed by atoms with Crippen molar-refractivity contribution in [3.8, 4) is 22.0 Å². The third kappa shape index (κ3) is 2.08. The molecule has 88 valence electrons. The number of nitrogens with zero attached hydrogens (tertiary/aromatic N) is 3. The van der Waals surface area contributed by atoms with Crippen molar-refractivity contribution in [3.63, 3.8) is 0 Å². The molecule has 0 amide bonds. The van der Waals surface area contributed by atoms with E-state index in [0.717, 1.165) is 27.6 Å². The van der Waals surface area contributed by atoms with Gasteiger partial charge in [0.2, 0.25) is 0 Å². The topological polar surface area (TPSA) is 64.7 Å². The molecule has 3 rings (SSSR count). The highest BCUT2D eigenvalue weighted by atomic mass is 32.1. The summed E-state index contributed by atoms with van der Waals surface area (Å²) >= 11 is 1.57. The molecule has 0 radical (unpaired) electrons. The molecule has 0 aliphatic carbocycles. The molecular weight excluding hydrogens is 244 g/mol. The second-order valence-corrected chi connectivity index (χ2v) is 4.61. The molecular formula is C13H10N4S. The lowest BCUT2D eigenvalue weighted by Gasteiger charge is -1.97. The lowest BCUT2D eigenvalue weighted by Crippen LogP contribution is -1.86. The Labute approximate surface area is 108 Å². The van der Waals surface area contributed by atoms with Gasteiger partial charge in [0.1, 0.15) is 16.4 Å². The summed E-state index contributed by atoms with van der Waals surface area (Å²) in [4.78, 5) is 12.8. The second-order valence-electron chi connectivity index (χ2n) is 3.75. The predicted octanol–water partition coefficient (Wildman–Crippen LogP) is 2.85. The highest BCUT2D eigenvalue weighted by Crippen LogP contribution is 2.28. The van der Waals surface area contributed by atoms with Crippen molar-refractivity contribution >= 4 is 17.0 Å². The highest BCUT2D eigenvalue weighted by Gasteiger charge is 2.07. The maximum atomic E-state index is 5.77. The fourth-order valence-corrected chi connectivity index (χ4v) is 2.44. The van der Waals surface area contributed by atoms with Crippen molar-refractivity contribution in [3.05, 3.63) is 48.2 Å². The average molecular weight is 254 g/mol. The summed E-state index contributed by atoms with van der Waals surface area (Å²) in [5, 5.41) is 2.91. The third-order valence-electron chi connectivity index (χ3n) is 2.46. The summed E-state index contributed by atoms with van der Waals surface area (Å²) < 4.78 is 0. The number of rotatable bonds is 2. The quantitative estimate of drug-likeness (QED) is 0.714. The van der Waals surface area contributed by atoms with Gasteiger partial charge in [-0.1, -0.05) is 12.1 Å². The molecule has 5 heteroatoms. The molecule has 0 saturated carbocycles. The van der Waals surface area contributed by atoms with Gasteiger partial charge < -0.3 is 5.73 Å². The van der Waals surface area contributed by atoms with Crippen molar-refractivity contribution in [2.24, 2.45) is 0 Å². The van der Waals surface area contributed by atoms with Crippen LogP contribution >= 0.6 is 11.3 Å². The highest BCUT2D eigenvalue weighted by molar-refractivity contribution is 7.13. The van der Waals surface area contributed by atoms with Crippen LogP contribution in [0.5, 0.6) is 0 Å². The number of aromatic nitrogens is 3. The molecule has 0 fully saturated rings. The molecule has 18 heavy (non-hydrogen) atoms. The number of nitrogens with two attached hydrogens (primary N) is 1. The van der Waals surface area contributed by atoms with Gasteiger partial charge in [-0.15, -0.1) is 11.3 Å². The van der Waals surface area contributed by atoms with Crippen LogP contribution in [0.25, 0.3) is 22.0 Å². The summed E-state index contributed by atoms with van der Waals surface area (Å²) in [5.74, 6) is 0. The van der Waals surface area contributed by atoms with E-state index < -0.39 is 0 Å². The van der Waals surface area contributed by atoms with Gasteiger partial charge >= 0.3 is 0 Å². The van der Waals surface area contributed by atoms with Crippen LogP contribution in [-0.2, 0) is 0 Å². The molecule has 0 aliphatic rings. The van der Waals surface area contributed by atoms with Crippen LogP contribution in [0.15, 0.2) is 48.2 Å². The minimum absolute atomic E-state index is 0.740. The molecule has 4 nitrogen and oxygen atoms in total. The van der Waals surface area contributed by atoms with Crippen LogP contribution in [0.1, 0.15) is 0 Å². The third-order valence-corrected chi connectivity index (χ3v) is 3.35. The maximum absolute atomic E-state index is 5.77. The van der Waals surface area contributed by atoms with Crippen LogP contribution in [0.3, 0.4) is 0 Å². The molecule has 2 aromatic heterocycles. The van der Waals surface area contributed by atoms with E-state index in [9.17, 15) is 0 Å². The number of hydrogen-bond acceptors (Lipinski definition) is 5. The van der Waals surface area contributed by atoms with E-state index >= 15 is 0 Å². The van der Waals surface area contributed by atoms with E-state index in [1.54, 1.807) is 29.9 Å². The van der Waals surface area contributed by atoms with Crippen LogP contribution in [0.4, 0.5) is 5.69 Å². The van der Waals surface area contributed by atoms with Gasteiger partial charge in [0, 0.05) is 29.0 Å². The Kier molecular flexibility index (Phi) is 2.74. The average Bonchev–Trinajstić information content (AvgIpc) is 2.89. The monoisotopic (exact) mass is 254 g/mol. The smallest absolute Gasteiger partial charge is 0.124 e. The van der Waals surface area contributed by atoms with Crippen LogP contribution in [0, 0.1) is 0 Å².